The van der Waals surface area contributed by atoms with Gasteiger partial charge in [-0.3, -0.25) is 9.59 Å². The number of alkyl halides is 2. The first-order valence-corrected chi connectivity index (χ1v) is 8.48. The van der Waals surface area contributed by atoms with Crippen LogP contribution in [0.15, 0.2) is 36.4 Å². The van der Waals surface area contributed by atoms with E-state index < -0.39 is 18.4 Å². The highest BCUT2D eigenvalue weighted by Crippen LogP contribution is 2.33. The monoisotopic (exact) mass is 392 g/mol. The van der Waals surface area contributed by atoms with Crippen molar-refractivity contribution in [2.45, 2.75) is 20.5 Å². The van der Waals surface area contributed by atoms with E-state index in [2.05, 4.69) is 10.1 Å². The van der Waals surface area contributed by atoms with Crippen LogP contribution in [0.25, 0.3) is 0 Å². The lowest BCUT2D eigenvalue weighted by molar-refractivity contribution is -0.116. The summed E-state index contributed by atoms with van der Waals surface area (Å²) in [5.74, 6) is -1.43. The lowest BCUT2D eigenvalue weighted by Gasteiger charge is -2.20. The number of rotatable bonds is 7. The number of amides is 2. The van der Waals surface area contributed by atoms with Gasteiger partial charge in [-0.05, 0) is 43.2 Å². The highest BCUT2D eigenvalue weighted by molar-refractivity contribution is 6.01. The SMILES string of the molecule is COc1cccc(C(=O)N(C)CC(=O)Nc2cccc(C)c2C)c1OC(F)F. The number of nitrogens with zero attached hydrogens (tertiary/aromatic N) is 1. The number of hydrogen-bond donors (Lipinski definition) is 1. The summed E-state index contributed by atoms with van der Waals surface area (Å²) in [5, 5.41) is 2.75. The quantitative estimate of drug-likeness (QED) is 0.782. The third-order valence-corrected chi connectivity index (χ3v) is 4.24. The largest absolute Gasteiger partial charge is 0.493 e. The number of halogens is 2. The Labute approximate surface area is 162 Å². The van der Waals surface area contributed by atoms with Crippen molar-refractivity contribution >= 4 is 17.5 Å². The van der Waals surface area contributed by atoms with E-state index in [1.165, 1.54) is 32.4 Å². The Morgan fingerprint density at radius 2 is 1.82 bits per heavy atom. The number of hydrogen-bond acceptors (Lipinski definition) is 4. The number of ether oxygens (including phenoxy) is 2. The van der Waals surface area contributed by atoms with Crippen LogP contribution in [0.3, 0.4) is 0 Å². The van der Waals surface area contributed by atoms with Crippen LogP contribution in [0, 0.1) is 13.8 Å². The molecule has 0 unspecified atom stereocenters. The van der Waals surface area contributed by atoms with Crippen molar-refractivity contribution < 1.29 is 27.8 Å². The average molecular weight is 392 g/mol. The zero-order valence-electron chi connectivity index (χ0n) is 16.1. The first-order chi connectivity index (χ1) is 13.2. The topological polar surface area (TPSA) is 67.9 Å². The second kappa shape index (κ2) is 9.16. The standard InChI is InChI=1S/C20H22F2N2O4/c1-12-7-5-9-15(13(12)2)23-17(25)11-24(3)19(26)14-8-6-10-16(27-4)18(14)28-20(21)22/h5-10,20H,11H2,1-4H3,(H,23,25). The fourth-order valence-corrected chi connectivity index (χ4v) is 2.62. The Balaban J connectivity index is 2.16. The second-order valence-corrected chi connectivity index (χ2v) is 6.17. The van der Waals surface area contributed by atoms with Crippen LogP contribution in [0.4, 0.5) is 14.5 Å². The summed E-state index contributed by atoms with van der Waals surface area (Å²) in [6.45, 7) is 0.413. The predicted octanol–water partition coefficient (Wildman–Crippen LogP) is 3.62. The molecule has 0 aliphatic heterocycles. The molecule has 0 atom stereocenters. The lowest BCUT2D eigenvalue weighted by atomic mass is 10.1. The summed E-state index contributed by atoms with van der Waals surface area (Å²) in [6, 6.07) is 9.72. The number of para-hydroxylation sites is 1. The van der Waals surface area contributed by atoms with E-state index in [9.17, 15) is 18.4 Å². The molecule has 0 heterocycles. The average Bonchev–Trinajstić information content (AvgIpc) is 2.64. The van der Waals surface area contributed by atoms with Gasteiger partial charge in [-0.1, -0.05) is 18.2 Å². The van der Waals surface area contributed by atoms with E-state index in [1.807, 2.05) is 26.0 Å². The van der Waals surface area contributed by atoms with Crippen LogP contribution in [-0.2, 0) is 4.79 Å². The highest BCUT2D eigenvalue weighted by atomic mass is 19.3. The number of methoxy groups -OCH3 is 1. The third kappa shape index (κ3) is 4.97. The molecule has 0 aliphatic carbocycles. The van der Waals surface area contributed by atoms with E-state index >= 15 is 0 Å². The van der Waals surface area contributed by atoms with Crippen LogP contribution >= 0.6 is 0 Å². The molecule has 0 bridgehead atoms. The smallest absolute Gasteiger partial charge is 0.387 e. The summed E-state index contributed by atoms with van der Waals surface area (Å²) in [7, 11) is 2.68. The summed E-state index contributed by atoms with van der Waals surface area (Å²) >= 11 is 0. The molecule has 0 spiro atoms. The van der Waals surface area contributed by atoms with Crippen molar-refractivity contribution in [1.29, 1.82) is 0 Å². The van der Waals surface area contributed by atoms with Gasteiger partial charge in [0.1, 0.15) is 0 Å². The minimum atomic E-state index is -3.12. The van der Waals surface area contributed by atoms with E-state index in [4.69, 9.17) is 4.74 Å². The number of nitrogens with one attached hydrogen (secondary N) is 1. The van der Waals surface area contributed by atoms with Crippen molar-refractivity contribution in [3.63, 3.8) is 0 Å². The minimum Gasteiger partial charge on any atom is -0.493 e. The number of carbonyl (C=O) groups is 2. The molecule has 8 heteroatoms. The molecule has 0 saturated carbocycles. The van der Waals surface area contributed by atoms with E-state index in [0.29, 0.717) is 5.69 Å². The predicted molar refractivity (Wildman–Crippen MR) is 101 cm³/mol. The fourth-order valence-electron chi connectivity index (χ4n) is 2.62. The molecule has 0 radical (unpaired) electrons. The number of anilines is 1. The van der Waals surface area contributed by atoms with Gasteiger partial charge in [-0.15, -0.1) is 0 Å². The van der Waals surface area contributed by atoms with Crippen LogP contribution < -0.4 is 14.8 Å². The molecule has 2 amide bonds. The first-order valence-electron chi connectivity index (χ1n) is 8.48. The summed E-state index contributed by atoms with van der Waals surface area (Å²) in [5.41, 5.74) is 2.47. The second-order valence-electron chi connectivity index (χ2n) is 6.17. The molecular formula is C20H22F2N2O4. The maximum absolute atomic E-state index is 12.7. The molecule has 28 heavy (non-hydrogen) atoms. The molecule has 0 aromatic heterocycles. The van der Waals surface area contributed by atoms with Gasteiger partial charge in [0, 0.05) is 12.7 Å². The van der Waals surface area contributed by atoms with Gasteiger partial charge in [0.25, 0.3) is 5.91 Å². The molecule has 0 aliphatic rings. The van der Waals surface area contributed by atoms with Crippen LogP contribution in [0.1, 0.15) is 21.5 Å². The first kappa shape index (κ1) is 21.1. The fraction of sp³-hybridized carbons (Fsp3) is 0.300. The van der Waals surface area contributed by atoms with Gasteiger partial charge in [-0.25, -0.2) is 0 Å². The Morgan fingerprint density at radius 3 is 2.46 bits per heavy atom. The number of likely N-dealkylation sites (N-methyl/N-ethyl adjacent to an activating group) is 1. The molecule has 150 valence electrons. The Morgan fingerprint density at radius 1 is 1.14 bits per heavy atom. The molecule has 0 fully saturated rings. The highest BCUT2D eigenvalue weighted by Gasteiger charge is 2.24. The van der Waals surface area contributed by atoms with Crippen molar-refractivity contribution in [2.75, 3.05) is 26.0 Å². The Hall–Kier alpha value is -3.16. The van der Waals surface area contributed by atoms with Crippen molar-refractivity contribution in [2.24, 2.45) is 0 Å². The number of aryl methyl sites for hydroxylation is 1. The van der Waals surface area contributed by atoms with Crippen LogP contribution in [0.5, 0.6) is 11.5 Å². The molecule has 2 aromatic carbocycles. The van der Waals surface area contributed by atoms with Crippen molar-refractivity contribution in [1.82, 2.24) is 4.90 Å². The molecule has 1 N–H and O–H groups in total. The van der Waals surface area contributed by atoms with E-state index in [0.717, 1.165) is 16.0 Å². The van der Waals surface area contributed by atoms with Gasteiger partial charge in [-0.2, -0.15) is 8.78 Å². The Bertz CT molecular complexity index is 871. The third-order valence-electron chi connectivity index (χ3n) is 4.24. The Kier molecular flexibility index (Phi) is 6.92. The van der Waals surface area contributed by atoms with E-state index in [1.54, 1.807) is 6.07 Å². The maximum atomic E-state index is 12.7. The molecule has 2 aromatic rings. The summed E-state index contributed by atoms with van der Waals surface area (Å²) in [4.78, 5) is 26.1. The lowest BCUT2D eigenvalue weighted by Crippen LogP contribution is -2.35. The van der Waals surface area contributed by atoms with Crippen molar-refractivity contribution in [3.8, 4) is 11.5 Å². The van der Waals surface area contributed by atoms with Gasteiger partial charge < -0.3 is 19.7 Å². The van der Waals surface area contributed by atoms with Crippen LogP contribution in [-0.4, -0.2) is 44.0 Å². The van der Waals surface area contributed by atoms with E-state index in [-0.39, 0.29) is 23.6 Å². The maximum Gasteiger partial charge on any atom is 0.387 e. The number of carbonyl (C=O) groups excluding carboxylic acids is 2. The summed E-state index contributed by atoms with van der Waals surface area (Å²) < 4.78 is 34.9. The van der Waals surface area contributed by atoms with Crippen molar-refractivity contribution in [3.05, 3.63) is 53.1 Å². The number of benzene rings is 2. The molecular weight excluding hydrogens is 370 g/mol. The zero-order valence-corrected chi connectivity index (χ0v) is 16.1. The van der Waals surface area contributed by atoms with Gasteiger partial charge in [0.2, 0.25) is 5.91 Å². The van der Waals surface area contributed by atoms with Gasteiger partial charge in [0.05, 0.1) is 19.2 Å². The van der Waals surface area contributed by atoms with Crippen LogP contribution in [0.2, 0.25) is 0 Å². The minimum absolute atomic E-state index is 0.000568. The molecule has 0 saturated heterocycles. The van der Waals surface area contributed by atoms with Gasteiger partial charge >= 0.3 is 6.61 Å². The van der Waals surface area contributed by atoms with Gasteiger partial charge in [0.15, 0.2) is 11.5 Å². The normalized spacial score (nSPS) is 10.5. The molecule has 6 nitrogen and oxygen atoms in total. The summed E-state index contributed by atoms with van der Waals surface area (Å²) in [6.07, 6.45) is 0. The zero-order chi connectivity index (χ0) is 20.8. The molecule has 2 rings (SSSR count).